The normalized spacial score (nSPS) is 14.4. The molecule has 1 saturated heterocycles. The van der Waals surface area contributed by atoms with Crippen molar-refractivity contribution in [3.05, 3.63) is 172 Å². The van der Waals surface area contributed by atoms with Crippen molar-refractivity contribution >= 4 is 48.6 Å². The third kappa shape index (κ3) is 9.15. The summed E-state index contributed by atoms with van der Waals surface area (Å²) in [6, 6.07) is 37.8. The molecular formula is C40H37Cl2N3ORu-. The molecule has 4 nitrogen and oxygen atoms in total. The molecule has 0 spiro atoms. The van der Waals surface area contributed by atoms with E-state index >= 15 is 0 Å². The van der Waals surface area contributed by atoms with Gasteiger partial charge < -0.3 is 15.3 Å². The van der Waals surface area contributed by atoms with E-state index in [1.54, 1.807) is 36.5 Å². The summed E-state index contributed by atoms with van der Waals surface area (Å²) in [5.74, 6) is 0.216. The van der Waals surface area contributed by atoms with Crippen LogP contribution in [0.25, 0.3) is 5.57 Å². The van der Waals surface area contributed by atoms with Crippen molar-refractivity contribution in [2.75, 3.05) is 18.0 Å². The number of rotatable bonds is 4. The van der Waals surface area contributed by atoms with E-state index in [4.69, 9.17) is 21.3 Å². The number of fused-ring (bicyclic) bond motifs is 1. The fourth-order valence-electron chi connectivity index (χ4n) is 5.63. The summed E-state index contributed by atoms with van der Waals surface area (Å²) in [5, 5.41) is 13.4. The van der Waals surface area contributed by atoms with Crippen LogP contribution in [0.4, 0.5) is 11.4 Å². The molecular weight excluding hydrogens is 710 g/mol. The molecule has 0 amide bonds. The molecule has 2 aliphatic rings. The van der Waals surface area contributed by atoms with Gasteiger partial charge in [0.2, 0.25) is 0 Å². The summed E-state index contributed by atoms with van der Waals surface area (Å²) in [7, 11) is 6.10. The number of halogens is 2. The second kappa shape index (κ2) is 16.8. The number of hydrogen-bond acceptors (Lipinski definition) is 4. The van der Waals surface area contributed by atoms with Crippen molar-refractivity contribution in [2.24, 2.45) is 4.99 Å². The number of hydrogen-bond donors (Lipinski definition) is 2. The summed E-state index contributed by atoms with van der Waals surface area (Å²) >= 11 is 5.62. The predicted molar refractivity (Wildman–Crippen MR) is 197 cm³/mol. The van der Waals surface area contributed by atoms with Gasteiger partial charge >= 0.3 is 112 Å². The molecule has 5 aromatic rings. The number of aromatic hydroxyl groups is 1. The average Bonchev–Trinajstić information content (AvgIpc) is 3.74. The summed E-state index contributed by atoms with van der Waals surface area (Å²) in [6.45, 7) is 10.7. The van der Waals surface area contributed by atoms with Gasteiger partial charge in [-0.15, -0.1) is 0 Å². The van der Waals surface area contributed by atoms with Gasteiger partial charge in [-0.2, -0.15) is 6.67 Å². The maximum absolute atomic E-state index is 9.53. The molecule has 1 aliphatic heterocycles. The second-order valence-electron chi connectivity index (χ2n) is 11.2. The molecule has 0 unspecified atom stereocenters. The molecule has 241 valence electrons. The topological polar surface area (TPSA) is 47.9 Å². The summed E-state index contributed by atoms with van der Waals surface area (Å²) in [6.07, 6.45) is 3.85. The standard InChI is InChI=1S/C15H10.C13H10ClNO.C12H17N2.ClH.Ru/c1-2-6-12(7-3-1)15-11-10-13-8-4-5-9-14(13)15;14-11-5-3-6-12(8-11)15-9-10-4-1-2-7-13(10)16;1-9-6-10(2)12(11(3)7-9)14-5-4-13-8-14;;/h1-9,11H;1-9,16H;6-8,13H,4-5H2,1-3H3;1H;/q;;-1;;+1/p-1. The van der Waals surface area contributed by atoms with Gasteiger partial charge in [0.05, 0.1) is 5.69 Å². The first kappa shape index (κ1) is 34.5. The molecule has 0 aromatic heterocycles. The van der Waals surface area contributed by atoms with E-state index in [9.17, 15) is 5.11 Å². The number of aliphatic imine (C=N–C) groups is 1. The molecule has 1 aliphatic carbocycles. The Morgan fingerprint density at radius 2 is 1.51 bits per heavy atom. The molecule has 7 heteroatoms. The van der Waals surface area contributed by atoms with Crippen molar-refractivity contribution in [1.82, 2.24) is 5.32 Å². The first-order valence-electron chi connectivity index (χ1n) is 15.3. The van der Waals surface area contributed by atoms with Gasteiger partial charge in [-0.3, -0.25) is 4.99 Å². The number of anilines is 1. The molecule has 0 radical (unpaired) electrons. The zero-order valence-electron chi connectivity index (χ0n) is 26.6. The van der Waals surface area contributed by atoms with E-state index in [-0.39, 0.29) is 21.4 Å². The van der Waals surface area contributed by atoms with Crippen molar-refractivity contribution in [1.29, 1.82) is 0 Å². The third-order valence-corrected chi connectivity index (χ3v) is 9.82. The number of nitrogens with zero attached hydrogens (tertiary/aromatic N) is 2. The molecule has 7 rings (SSSR count). The first-order valence-corrected chi connectivity index (χ1v) is 18.8. The molecule has 1 fully saturated rings. The van der Waals surface area contributed by atoms with Crippen LogP contribution >= 0.6 is 21.3 Å². The number of para-hydroxylation sites is 1. The van der Waals surface area contributed by atoms with Crippen molar-refractivity contribution in [3.63, 3.8) is 0 Å². The second-order valence-corrected chi connectivity index (χ2v) is 13.7. The number of nitrogens with one attached hydrogen (secondary N) is 1. The van der Waals surface area contributed by atoms with Crippen LogP contribution in [-0.2, 0) is 15.7 Å². The predicted octanol–water partition coefficient (Wildman–Crippen LogP) is 9.83. The molecule has 2 N–H and O–H groups in total. The fourth-order valence-corrected chi connectivity index (χ4v) is 7.37. The zero-order valence-corrected chi connectivity index (χ0v) is 29.8. The Bertz CT molecular complexity index is 1890. The van der Waals surface area contributed by atoms with Gasteiger partial charge in [0, 0.05) is 22.5 Å². The van der Waals surface area contributed by atoms with Gasteiger partial charge in [-0.05, 0) is 75.3 Å². The van der Waals surface area contributed by atoms with Crippen LogP contribution < -0.4 is 10.2 Å². The van der Waals surface area contributed by atoms with Crippen molar-refractivity contribution < 1.29 is 20.8 Å². The fraction of sp³-hybridized carbons (Fsp3) is 0.125. The molecule has 47 heavy (non-hydrogen) atoms. The Kier molecular flexibility index (Phi) is 12.3. The Morgan fingerprint density at radius 3 is 2.17 bits per heavy atom. The quantitative estimate of drug-likeness (QED) is 0.109. The maximum atomic E-state index is 9.53. The molecule has 0 saturated carbocycles. The minimum absolute atomic E-state index is 0.216. The monoisotopic (exact) mass is 747 g/mol. The van der Waals surface area contributed by atoms with Crippen LogP contribution in [0.3, 0.4) is 0 Å². The zero-order chi connectivity index (χ0) is 33.2. The Labute approximate surface area is 294 Å². The van der Waals surface area contributed by atoms with E-state index in [0.29, 0.717) is 10.6 Å². The van der Waals surface area contributed by atoms with Crippen molar-refractivity contribution in [3.8, 4) is 5.75 Å². The Balaban J connectivity index is 0.000000139. The van der Waals surface area contributed by atoms with Gasteiger partial charge in [0.1, 0.15) is 5.75 Å². The van der Waals surface area contributed by atoms with E-state index in [1.165, 1.54) is 48.7 Å². The van der Waals surface area contributed by atoms with Gasteiger partial charge in [0.25, 0.3) is 0 Å². The van der Waals surface area contributed by atoms with E-state index < -0.39 is 0 Å². The number of benzene rings is 5. The molecule has 0 bridgehead atoms. The van der Waals surface area contributed by atoms with Crippen LogP contribution in [0.1, 0.15) is 38.9 Å². The minimum atomic E-state index is -0.218. The number of aryl methyl sites for hydroxylation is 3. The van der Waals surface area contributed by atoms with Crippen molar-refractivity contribution in [2.45, 2.75) is 20.8 Å². The van der Waals surface area contributed by atoms with Crippen LogP contribution in [0, 0.1) is 27.4 Å². The Morgan fingerprint density at radius 1 is 0.830 bits per heavy atom. The van der Waals surface area contributed by atoms with Crippen LogP contribution in [0.2, 0.25) is 5.02 Å². The Hall–Kier alpha value is -3.86. The van der Waals surface area contributed by atoms with Crippen LogP contribution in [0.5, 0.6) is 5.75 Å². The van der Waals surface area contributed by atoms with E-state index in [2.05, 4.69) is 109 Å². The van der Waals surface area contributed by atoms with Crippen LogP contribution in [0.15, 0.2) is 126 Å². The van der Waals surface area contributed by atoms with Gasteiger partial charge in [-0.1, -0.05) is 47.5 Å². The number of phenolic OH excluding ortho intramolecular Hbond substituents is 1. The number of phenols is 1. The molecule has 5 aromatic carbocycles. The van der Waals surface area contributed by atoms with Gasteiger partial charge in [0.15, 0.2) is 0 Å². The summed E-state index contributed by atoms with van der Waals surface area (Å²) in [4.78, 5) is 6.52. The summed E-state index contributed by atoms with van der Waals surface area (Å²) in [5.41, 5.74) is 12.1. The SMILES string of the molecule is Cc1cc(C)c(N2[CH-]NCC2)c(C)c1.Oc1ccccc1C=Nc1cccc(Cl)c1.[Cl][Ru]=[C]1C=C(c2ccccc2)c2ccccc21. The third-order valence-electron chi connectivity index (χ3n) is 7.66. The summed E-state index contributed by atoms with van der Waals surface area (Å²) < 4.78 is 1.30. The first-order chi connectivity index (χ1) is 22.8. The molecule has 1 heterocycles. The van der Waals surface area contributed by atoms with Crippen LogP contribution in [-0.4, -0.2) is 28.5 Å². The van der Waals surface area contributed by atoms with Gasteiger partial charge in [-0.25, -0.2) is 0 Å². The van der Waals surface area contributed by atoms with E-state index in [0.717, 1.165) is 18.8 Å². The average molecular weight is 748 g/mol. The van der Waals surface area contributed by atoms with E-state index in [1.807, 2.05) is 24.3 Å². The number of allylic oxidation sites excluding steroid dienone is 1. The molecule has 0 atom stereocenters.